The van der Waals surface area contributed by atoms with Gasteiger partial charge in [-0.3, -0.25) is 4.90 Å². The molecule has 1 fully saturated rings. The maximum atomic E-state index is 12.1. The summed E-state index contributed by atoms with van der Waals surface area (Å²) in [7, 11) is 1.41. The Morgan fingerprint density at radius 2 is 2.13 bits per heavy atom. The Balaban J connectivity index is 2.45. The second kappa shape index (κ2) is 4.67. The summed E-state index contributed by atoms with van der Waals surface area (Å²) in [6, 6.07) is 0. The van der Waals surface area contributed by atoms with Crippen LogP contribution < -0.4 is 0 Å². The second-order valence-electron chi connectivity index (χ2n) is 4.25. The highest BCUT2D eigenvalue weighted by atomic mass is 19.4. The monoisotopic (exact) mass is 227 g/mol. The summed E-state index contributed by atoms with van der Waals surface area (Å²) in [6.45, 7) is -0.0148. The number of nitrogens with zero attached hydrogens (tertiary/aromatic N) is 1. The average molecular weight is 227 g/mol. The van der Waals surface area contributed by atoms with Gasteiger partial charge >= 0.3 is 6.18 Å². The molecule has 1 saturated heterocycles. The van der Waals surface area contributed by atoms with E-state index in [1.54, 1.807) is 0 Å². The second-order valence-corrected chi connectivity index (χ2v) is 4.25. The van der Waals surface area contributed by atoms with Gasteiger partial charge in [-0.1, -0.05) is 0 Å². The van der Waals surface area contributed by atoms with E-state index in [0.717, 1.165) is 0 Å². The first-order valence-corrected chi connectivity index (χ1v) is 4.81. The molecule has 0 amide bonds. The minimum Gasteiger partial charge on any atom is -0.396 e. The topological polar surface area (TPSA) is 32.7 Å². The third-order valence-corrected chi connectivity index (χ3v) is 2.57. The molecule has 1 N–H and O–H groups in total. The summed E-state index contributed by atoms with van der Waals surface area (Å²) in [5, 5.41) is 9.18. The number of rotatable bonds is 4. The van der Waals surface area contributed by atoms with Gasteiger partial charge in [0.1, 0.15) is 0 Å². The SMILES string of the molecule is CN(CC(F)(F)F)CC1(CO)CCOC1. The maximum Gasteiger partial charge on any atom is 0.401 e. The van der Waals surface area contributed by atoms with Crippen molar-refractivity contribution in [3.05, 3.63) is 0 Å². The lowest BCUT2D eigenvalue weighted by molar-refractivity contribution is -0.146. The van der Waals surface area contributed by atoms with E-state index in [9.17, 15) is 18.3 Å². The minimum absolute atomic E-state index is 0.130. The standard InChI is InChI=1S/C9H16F3NO2/c1-13(5-9(10,11)12)4-8(6-14)2-3-15-7-8/h14H,2-7H2,1H3. The van der Waals surface area contributed by atoms with Gasteiger partial charge in [0.2, 0.25) is 0 Å². The van der Waals surface area contributed by atoms with E-state index in [2.05, 4.69) is 0 Å². The molecule has 1 unspecified atom stereocenters. The molecule has 1 rings (SSSR count). The molecule has 0 aromatic rings. The van der Waals surface area contributed by atoms with E-state index in [1.165, 1.54) is 11.9 Å². The summed E-state index contributed by atoms with van der Waals surface area (Å²) in [4.78, 5) is 1.19. The molecule has 1 aliphatic rings. The molecule has 0 radical (unpaired) electrons. The molecule has 0 aromatic heterocycles. The number of halogens is 3. The first-order chi connectivity index (χ1) is 6.87. The maximum absolute atomic E-state index is 12.1. The van der Waals surface area contributed by atoms with Crippen molar-refractivity contribution in [3.63, 3.8) is 0 Å². The van der Waals surface area contributed by atoms with Gasteiger partial charge < -0.3 is 9.84 Å². The lowest BCUT2D eigenvalue weighted by Gasteiger charge is -2.30. The first-order valence-electron chi connectivity index (χ1n) is 4.81. The molecule has 0 aliphatic carbocycles. The van der Waals surface area contributed by atoms with Crippen LogP contribution in [0.3, 0.4) is 0 Å². The van der Waals surface area contributed by atoms with Crippen molar-refractivity contribution in [2.75, 3.05) is 40.0 Å². The van der Waals surface area contributed by atoms with Gasteiger partial charge in [-0.05, 0) is 13.5 Å². The van der Waals surface area contributed by atoms with Gasteiger partial charge in [0.05, 0.1) is 19.8 Å². The molecule has 6 heteroatoms. The van der Waals surface area contributed by atoms with Gasteiger partial charge in [-0.15, -0.1) is 0 Å². The highest BCUT2D eigenvalue weighted by Crippen LogP contribution is 2.29. The first kappa shape index (κ1) is 12.7. The van der Waals surface area contributed by atoms with Crippen LogP contribution in [-0.2, 0) is 4.74 Å². The number of ether oxygens (including phenoxy) is 1. The molecule has 0 spiro atoms. The zero-order chi connectivity index (χ0) is 11.5. The van der Waals surface area contributed by atoms with Crippen molar-refractivity contribution < 1.29 is 23.0 Å². The fourth-order valence-corrected chi connectivity index (χ4v) is 1.88. The molecule has 1 aliphatic heterocycles. The van der Waals surface area contributed by atoms with Crippen molar-refractivity contribution in [1.82, 2.24) is 4.90 Å². The summed E-state index contributed by atoms with van der Waals surface area (Å²) in [5.41, 5.74) is -0.514. The van der Waals surface area contributed by atoms with Crippen molar-refractivity contribution in [2.45, 2.75) is 12.6 Å². The number of aliphatic hydroxyl groups is 1. The van der Waals surface area contributed by atoms with Crippen LogP contribution >= 0.6 is 0 Å². The molecule has 3 nitrogen and oxygen atoms in total. The predicted molar refractivity (Wildman–Crippen MR) is 48.5 cm³/mol. The smallest absolute Gasteiger partial charge is 0.396 e. The van der Waals surface area contributed by atoms with E-state index in [0.29, 0.717) is 19.6 Å². The van der Waals surface area contributed by atoms with Crippen LogP contribution in [-0.4, -0.2) is 56.1 Å². The fraction of sp³-hybridized carbons (Fsp3) is 1.00. The van der Waals surface area contributed by atoms with Gasteiger partial charge in [-0.25, -0.2) is 0 Å². The van der Waals surface area contributed by atoms with E-state index >= 15 is 0 Å². The minimum atomic E-state index is -4.19. The van der Waals surface area contributed by atoms with Crippen LogP contribution in [0.2, 0.25) is 0 Å². The van der Waals surface area contributed by atoms with Crippen molar-refractivity contribution in [2.24, 2.45) is 5.41 Å². The van der Waals surface area contributed by atoms with Crippen LogP contribution in [0.4, 0.5) is 13.2 Å². The van der Waals surface area contributed by atoms with Crippen LogP contribution in [0.25, 0.3) is 0 Å². The third-order valence-electron chi connectivity index (χ3n) is 2.57. The summed E-state index contributed by atoms with van der Waals surface area (Å²) < 4.78 is 41.3. The Morgan fingerprint density at radius 1 is 1.47 bits per heavy atom. The third kappa shape index (κ3) is 3.96. The summed E-state index contributed by atoms with van der Waals surface area (Å²) in [6.07, 6.45) is -3.57. The van der Waals surface area contributed by atoms with E-state index in [-0.39, 0.29) is 13.2 Å². The van der Waals surface area contributed by atoms with Gasteiger partial charge in [0, 0.05) is 18.6 Å². The van der Waals surface area contributed by atoms with Crippen molar-refractivity contribution >= 4 is 0 Å². The Labute approximate surface area is 86.8 Å². The Bertz CT molecular complexity index is 202. The normalized spacial score (nSPS) is 27.6. The predicted octanol–water partition coefficient (Wildman–Crippen LogP) is 0.879. The largest absolute Gasteiger partial charge is 0.401 e. The Hall–Kier alpha value is -0.330. The molecule has 90 valence electrons. The zero-order valence-electron chi connectivity index (χ0n) is 8.68. The lowest BCUT2D eigenvalue weighted by atomic mass is 9.88. The van der Waals surface area contributed by atoms with E-state index < -0.39 is 18.1 Å². The number of hydrogen-bond donors (Lipinski definition) is 1. The molecular weight excluding hydrogens is 211 g/mol. The molecule has 0 aromatic carbocycles. The number of alkyl halides is 3. The van der Waals surface area contributed by atoms with Gasteiger partial charge in [0.15, 0.2) is 0 Å². The quantitative estimate of drug-likeness (QED) is 0.774. The Kier molecular flexibility index (Phi) is 3.97. The summed E-state index contributed by atoms with van der Waals surface area (Å²) in [5.74, 6) is 0. The van der Waals surface area contributed by atoms with E-state index in [1.807, 2.05) is 0 Å². The van der Waals surface area contributed by atoms with Crippen LogP contribution in [0.5, 0.6) is 0 Å². The fourth-order valence-electron chi connectivity index (χ4n) is 1.88. The number of aliphatic hydroxyl groups excluding tert-OH is 1. The molecule has 1 heterocycles. The lowest BCUT2D eigenvalue weighted by Crippen LogP contribution is -2.42. The van der Waals surface area contributed by atoms with Gasteiger partial charge in [-0.2, -0.15) is 13.2 Å². The average Bonchev–Trinajstić information content (AvgIpc) is 2.50. The zero-order valence-corrected chi connectivity index (χ0v) is 8.68. The molecule has 1 atom stereocenters. The van der Waals surface area contributed by atoms with E-state index in [4.69, 9.17) is 4.74 Å². The van der Waals surface area contributed by atoms with Crippen molar-refractivity contribution in [3.8, 4) is 0 Å². The van der Waals surface area contributed by atoms with Crippen LogP contribution in [0, 0.1) is 5.41 Å². The van der Waals surface area contributed by atoms with Crippen LogP contribution in [0.15, 0.2) is 0 Å². The highest BCUT2D eigenvalue weighted by Gasteiger charge is 2.38. The molecule has 15 heavy (non-hydrogen) atoms. The highest BCUT2D eigenvalue weighted by molar-refractivity contribution is 4.85. The molecule has 0 bridgehead atoms. The van der Waals surface area contributed by atoms with Crippen molar-refractivity contribution in [1.29, 1.82) is 0 Å². The Morgan fingerprint density at radius 3 is 2.53 bits per heavy atom. The van der Waals surface area contributed by atoms with Crippen LogP contribution in [0.1, 0.15) is 6.42 Å². The molecule has 0 saturated carbocycles. The molecular formula is C9H16F3NO2. The summed E-state index contributed by atoms with van der Waals surface area (Å²) >= 11 is 0. The van der Waals surface area contributed by atoms with Gasteiger partial charge in [0.25, 0.3) is 0 Å². The number of hydrogen-bond acceptors (Lipinski definition) is 3.